The Morgan fingerprint density at radius 3 is 2.93 bits per heavy atom. The molecular formula is C11H11NO3. The predicted molar refractivity (Wildman–Crippen MR) is 54.7 cm³/mol. The molecule has 0 saturated heterocycles. The topological polar surface area (TPSA) is 59.3 Å². The quantitative estimate of drug-likeness (QED) is 0.744. The van der Waals surface area contributed by atoms with Crippen LogP contribution in [0.5, 0.6) is 0 Å². The number of carbonyl (C=O) groups excluding carboxylic acids is 1. The summed E-state index contributed by atoms with van der Waals surface area (Å²) in [5, 5.41) is 2.63. The fraction of sp³-hybridized carbons (Fsp3) is 0.273. The second-order valence-corrected chi connectivity index (χ2v) is 3.48. The van der Waals surface area contributed by atoms with E-state index in [2.05, 4.69) is 11.9 Å². The summed E-state index contributed by atoms with van der Waals surface area (Å²) in [6.07, 6.45) is 1.03. The lowest BCUT2D eigenvalue weighted by Crippen LogP contribution is -2.31. The largest absolute Gasteiger partial charge is 0.427 e. The minimum atomic E-state index is -0.409. The molecule has 0 unspecified atom stereocenters. The van der Waals surface area contributed by atoms with Gasteiger partial charge < -0.3 is 9.73 Å². The molecule has 4 nitrogen and oxygen atoms in total. The van der Waals surface area contributed by atoms with Gasteiger partial charge in [-0.2, -0.15) is 0 Å². The van der Waals surface area contributed by atoms with Gasteiger partial charge in [0.05, 0.1) is 5.56 Å². The zero-order valence-corrected chi connectivity index (χ0v) is 8.42. The summed E-state index contributed by atoms with van der Waals surface area (Å²) in [4.78, 5) is 22.9. The van der Waals surface area contributed by atoms with E-state index in [1.807, 2.05) is 6.92 Å². The molecule has 2 heterocycles. The lowest BCUT2D eigenvalue weighted by atomic mass is 9.99. The number of hydrogen-bond donors (Lipinski definition) is 1. The number of nitrogens with one attached hydrogen (secondary N) is 1. The van der Waals surface area contributed by atoms with Crippen molar-refractivity contribution in [2.24, 2.45) is 0 Å². The second kappa shape index (κ2) is 3.38. The zero-order valence-electron chi connectivity index (χ0n) is 8.42. The van der Waals surface area contributed by atoms with Crippen LogP contribution in [0.25, 0.3) is 0 Å². The minimum Gasteiger partial charge on any atom is -0.427 e. The summed E-state index contributed by atoms with van der Waals surface area (Å²) in [5.74, 6) is 0.190. The van der Waals surface area contributed by atoms with Gasteiger partial charge >= 0.3 is 5.63 Å². The number of hydrogen-bond acceptors (Lipinski definition) is 3. The monoisotopic (exact) mass is 205 g/mol. The number of amides is 1. The summed E-state index contributed by atoms with van der Waals surface area (Å²) in [5.41, 5.74) is 1.37. The summed E-state index contributed by atoms with van der Waals surface area (Å²) in [6, 6.07) is 1.37. The fourth-order valence-electron chi connectivity index (χ4n) is 1.73. The van der Waals surface area contributed by atoms with Crippen molar-refractivity contribution in [2.75, 3.05) is 0 Å². The van der Waals surface area contributed by atoms with Crippen LogP contribution in [0, 0.1) is 0 Å². The van der Waals surface area contributed by atoms with E-state index in [-0.39, 0.29) is 5.91 Å². The summed E-state index contributed by atoms with van der Waals surface area (Å²) >= 11 is 0. The maximum Gasteiger partial charge on any atom is 0.336 e. The molecule has 0 fully saturated rings. The standard InChI is InChI=1S/C11H11NO3/c1-3-7-5-9(13)15-8-4-6(2)12-11(14)10(7)8/h5H,2-4H2,1H3,(H,12,14). The average molecular weight is 205 g/mol. The highest BCUT2D eigenvalue weighted by Crippen LogP contribution is 2.20. The van der Waals surface area contributed by atoms with Crippen molar-refractivity contribution in [1.29, 1.82) is 0 Å². The van der Waals surface area contributed by atoms with Gasteiger partial charge in [-0.15, -0.1) is 0 Å². The molecule has 1 N–H and O–H groups in total. The Bertz CT molecular complexity index is 499. The fourth-order valence-corrected chi connectivity index (χ4v) is 1.73. The molecule has 1 aliphatic rings. The van der Waals surface area contributed by atoms with E-state index in [1.165, 1.54) is 6.07 Å². The first kappa shape index (κ1) is 9.71. The van der Waals surface area contributed by atoms with E-state index < -0.39 is 5.63 Å². The van der Waals surface area contributed by atoms with E-state index in [1.54, 1.807) is 0 Å². The van der Waals surface area contributed by atoms with Gasteiger partial charge in [-0.05, 0) is 12.0 Å². The molecule has 4 heteroatoms. The van der Waals surface area contributed by atoms with Gasteiger partial charge in [0.2, 0.25) is 0 Å². The molecule has 2 rings (SSSR count). The van der Waals surface area contributed by atoms with Gasteiger partial charge in [-0.1, -0.05) is 13.5 Å². The van der Waals surface area contributed by atoms with E-state index in [4.69, 9.17) is 4.42 Å². The van der Waals surface area contributed by atoms with Crippen molar-refractivity contribution in [3.8, 4) is 0 Å². The van der Waals surface area contributed by atoms with Crippen LogP contribution in [0.1, 0.15) is 28.6 Å². The Morgan fingerprint density at radius 2 is 2.27 bits per heavy atom. The van der Waals surface area contributed by atoms with E-state index >= 15 is 0 Å². The van der Waals surface area contributed by atoms with Crippen molar-refractivity contribution in [3.63, 3.8) is 0 Å². The number of fused-ring (bicyclic) bond motifs is 1. The van der Waals surface area contributed by atoms with Crippen molar-refractivity contribution in [1.82, 2.24) is 5.32 Å². The molecule has 0 aliphatic carbocycles. The molecule has 1 aromatic heterocycles. The molecule has 78 valence electrons. The summed E-state index contributed by atoms with van der Waals surface area (Å²) < 4.78 is 5.01. The van der Waals surface area contributed by atoms with Crippen LogP contribution in [0.15, 0.2) is 27.6 Å². The molecule has 1 aliphatic heterocycles. The zero-order chi connectivity index (χ0) is 11.0. The maximum atomic E-state index is 11.7. The van der Waals surface area contributed by atoms with Crippen LogP contribution in [0.3, 0.4) is 0 Å². The molecule has 0 aromatic carbocycles. The molecule has 1 amide bonds. The van der Waals surface area contributed by atoms with Gasteiger partial charge in [-0.25, -0.2) is 4.79 Å². The van der Waals surface area contributed by atoms with Crippen molar-refractivity contribution in [3.05, 3.63) is 45.6 Å². The average Bonchev–Trinajstić information content (AvgIpc) is 2.14. The third kappa shape index (κ3) is 1.58. The third-order valence-corrected chi connectivity index (χ3v) is 2.39. The van der Waals surface area contributed by atoms with Crippen molar-refractivity contribution < 1.29 is 9.21 Å². The van der Waals surface area contributed by atoms with Gasteiger partial charge in [-0.3, -0.25) is 4.79 Å². The summed E-state index contributed by atoms with van der Waals surface area (Å²) in [7, 11) is 0. The predicted octanol–water partition coefficient (Wildman–Crippen LogP) is 1.00. The number of carbonyl (C=O) groups is 1. The molecule has 1 aromatic rings. The third-order valence-electron chi connectivity index (χ3n) is 2.39. The Balaban J connectivity index is 2.69. The SMILES string of the molecule is C=C1Cc2oc(=O)cc(CC)c2C(=O)N1. The molecular weight excluding hydrogens is 194 g/mol. The highest BCUT2D eigenvalue weighted by Gasteiger charge is 2.24. The first-order valence-corrected chi connectivity index (χ1v) is 4.77. The van der Waals surface area contributed by atoms with Crippen LogP contribution < -0.4 is 10.9 Å². The molecule has 0 atom stereocenters. The van der Waals surface area contributed by atoms with Gasteiger partial charge in [0.1, 0.15) is 5.76 Å². The Hall–Kier alpha value is -1.84. The lowest BCUT2D eigenvalue weighted by Gasteiger charge is -2.18. The van der Waals surface area contributed by atoms with Crippen LogP contribution in [-0.4, -0.2) is 5.91 Å². The minimum absolute atomic E-state index is 0.234. The maximum absolute atomic E-state index is 11.7. The van der Waals surface area contributed by atoms with E-state index in [0.29, 0.717) is 29.9 Å². The molecule has 0 radical (unpaired) electrons. The normalized spacial score (nSPS) is 14.7. The van der Waals surface area contributed by atoms with Gasteiger partial charge in [0, 0.05) is 18.2 Å². The number of aryl methyl sites for hydroxylation is 1. The van der Waals surface area contributed by atoms with Gasteiger partial charge in [0.25, 0.3) is 5.91 Å². The smallest absolute Gasteiger partial charge is 0.336 e. The van der Waals surface area contributed by atoms with Crippen LogP contribution in [0.4, 0.5) is 0 Å². The number of allylic oxidation sites excluding steroid dienone is 1. The molecule has 0 spiro atoms. The van der Waals surface area contributed by atoms with E-state index in [9.17, 15) is 9.59 Å². The molecule has 0 saturated carbocycles. The first-order valence-electron chi connectivity index (χ1n) is 4.77. The van der Waals surface area contributed by atoms with Gasteiger partial charge in [0.15, 0.2) is 0 Å². The number of rotatable bonds is 1. The highest BCUT2D eigenvalue weighted by molar-refractivity contribution is 5.98. The molecule has 0 bridgehead atoms. The van der Waals surface area contributed by atoms with Crippen LogP contribution >= 0.6 is 0 Å². The van der Waals surface area contributed by atoms with E-state index in [0.717, 1.165) is 5.56 Å². The summed E-state index contributed by atoms with van der Waals surface area (Å²) in [6.45, 7) is 5.55. The van der Waals surface area contributed by atoms with Crippen molar-refractivity contribution >= 4 is 5.91 Å². The Kier molecular flexibility index (Phi) is 2.19. The lowest BCUT2D eigenvalue weighted by molar-refractivity contribution is 0.0952. The highest BCUT2D eigenvalue weighted by atomic mass is 16.4. The Labute approximate surface area is 86.6 Å². The van der Waals surface area contributed by atoms with Crippen molar-refractivity contribution in [2.45, 2.75) is 19.8 Å². The van der Waals surface area contributed by atoms with Crippen LogP contribution in [0.2, 0.25) is 0 Å². The van der Waals surface area contributed by atoms with Crippen LogP contribution in [-0.2, 0) is 12.8 Å². The molecule has 15 heavy (non-hydrogen) atoms. The Morgan fingerprint density at radius 1 is 1.53 bits per heavy atom. The second-order valence-electron chi connectivity index (χ2n) is 3.48. The first-order chi connectivity index (χ1) is 7.11.